The number of ether oxygens (including phenoxy) is 1. The molecule has 0 bridgehead atoms. The zero-order valence-electron chi connectivity index (χ0n) is 13.7. The molecule has 1 atom stereocenters. The van der Waals surface area contributed by atoms with Gasteiger partial charge in [0, 0.05) is 12.2 Å². The van der Waals surface area contributed by atoms with Gasteiger partial charge in [0.05, 0.1) is 18.6 Å². The average Bonchev–Trinajstić information content (AvgIpc) is 3.03. The Balaban J connectivity index is 1.86. The zero-order valence-corrected chi connectivity index (χ0v) is 13.7. The maximum atomic E-state index is 12.9. The number of carboxylic acid groups (broad SMARTS) is 1. The standard InChI is InChI=1S/C19H19NO4/c1-12(13-5-7-16(24-2)8-6-13)18(21)20-10-9-14-3-4-15(19(22)23)11-17(14)20/h3-8,11-12H,9-10H2,1-2H3,(H,22,23). The van der Waals surface area contributed by atoms with Crippen LogP contribution < -0.4 is 9.64 Å². The molecule has 0 fully saturated rings. The Morgan fingerprint density at radius 3 is 2.50 bits per heavy atom. The molecule has 0 saturated heterocycles. The molecule has 1 aliphatic heterocycles. The van der Waals surface area contributed by atoms with Gasteiger partial charge in [0.1, 0.15) is 5.75 Å². The number of rotatable bonds is 4. The minimum absolute atomic E-state index is 0.0264. The van der Waals surface area contributed by atoms with E-state index >= 15 is 0 Å². The second-order valence-corrected chi connectivity index (χ2v) is 5.88. The second kappa shape index (κ2) is 6.35. The molecule has 24 heavy (non-hydrogen) atoms. The third kappa shape index (κ3) is 2.85. The highest BCUT2D eigenvalue weighted by Gasteiger charge is 2.29. The summed E-state index contributed by atoms with van der Waals surface area (Å²) in [5, 5.41) is 9.16. The zero-order chi connectivity index (χ0) is 17.3. The number of hydrogen-bond donors (Lipinski definition) is 1. The number of carboxylic acids is 1. The SMILES string of the molecule is COc1ccc(C(C)C(=O)N2CCc3ccc(C(=O)O)cc32)cc1. The molecule has 2 aromatic rings. The van der Waals surface area contributed by atoms with Crippen LogP contribution in [0.4, 0.5) is 5.69 Å². The predicted molar refractivity (Wildman–Crippen MR) is 90.9 cm³/mol. The summed E-state index contributed by atoms with van der Waals surface area (Å²) in [4.78, 5) is 25.8. The summed E-state index contributed by atoms with van der Waals surface area (Å²) in [5.41, 5.74) is 2.82. The van der Waals surface area contributed by atoms with Gasteiger partial charge in [0.2, 0.25) is 5.91 Å². The third-order valence-electron chi connectivity index (χ3n) is 4.48. The molecule has 5 nitrogen and oxygen atoms in total. The molecule has 0 aliphatic carbocycles. The summed E-state index contributed by atoms with van der Waals surface area (Å²) >= 11 is 0. The van der Waals surface area contributed by atoms with Gasteiger partial charge in [-0.1, -0.05) is 18.2 Å². The van der Waals surface area contributed by atoms with E-state index in [2.05, 4.69) is 0 Å². The van der Waals surface area contributed by atoms with Gasteiger partial charge in [-0.25, -0.2) is 4.79 Å². The van der Waals surface area contributed by atoms with Gasteiger partial charge in [-0.2, -0.15) is 0 Å². The number of fused-ring (bicyclic) bond motifs is 1. The fraction of sp³-hybridized carbons (Fsp3) is 0.263. The van der Waals surface area contributed by atoms with E-state index in [0.717, 1.165) is 23.3 Å². The van der Waals surface area contributed by atoms with Crippen molar-refractivity contribution in [3.05, 3.63) is 59.2 Å². The van der Waals surface area contributed by atoms with Crippen LogP contribution in [-0.2, 0) is 11.2 Å². The van der Waals surface area contributed by atoms with Crippen molar-refractivity contribution in [1.82, 2.24) is 0 Å². The van der Waals surface area contributed by atoms with Crippen LogP contribution in [0, 0.1) is 0 Å². The number of methoxy groups -OCH3 is 1. The Morgan fingerprint density at radius 2 is 1.88 bits per heavy atom. The third-order valence-corrected chi connectivity index (χ3v) is 4.48. The summed E-state index contributed by atoms with van der Waals surface area (Å²) in [6.07, 6.45) is 0.746. The molecule has 1 heterocycles. The lowest BCUT2D eigenvalue weighted by Crippen LogP contribution is -2.32. The summed E-state index contributed by atoms with van der Waals surface area (Å²) in [6.45, 7) is 2.45. The van der Waals surface area contributed by atoms with Gasteiger partial charge in [-0.3, -0.25) is 4.79 Å². The molecule has 5 heteroatoms. The first-order valence-electron chi connectivity index (χ1n) is 7.83. The Labute approximate surface area is 140 Å². The molecule has 0 aromatic heterocycles. The summed E-state index contributed by atoms with van der Waals surface area (Å²) in [7, 11) is 1.60. The van der Waals surface area contributed by atoms with Gasteiger partial charge in [-0.05, 0) is 48.7 Å². The lowest BCUT2D eigenvalue weighted by atomic mass is 9.99. The number of aromatic carboxylic acids is 1. The Bertz CT molecular complexity index is 782. The highest BCUT2D eigenvalue weighted by atomic mass is 16.5. The highest BCUT2D eigenvalue weighted by molar-refractivity contribution is 6.01. The van der Waals surface area contributed by atoms with Gasteiger partial charge in [0.15, 0.2) is 0 Å². The summed E-state index contributed by atoms with van der Waals surface area (Å²) in [5.74, 6) is -0.576. The molecular formula is C19H19NO4. The minimum Gasteiger partial charge on any atom is -0.497 e. The minimum atomic E-state index is -0.986. The second-order valence-electron chi connectivity index (χ2n) is 5.88. The smallest absolute Gasteiger partial charge is 0.335 e. The van der Waals surface area contributed by atoms with Crippen LogP contribution in [0.25, 0.3) is 0 Å². The Hall–Kier alpha value is -2.82. The normalized spacial score (nSPS) is 14.2. The van der Waals surface area contributed by atoms with Crippen LogP contribution in [0.1, 0.15) is 34.3 Å². The maximum Gasteiger partial charge on any atom is 0.335 e. The van der Waals surface area contributed by atoms with Crippen molar-refractivity contribution >= 4 is 17.6 Å². The highest BCUT2D eigenvalue weighted by Crippen LogP contribution is 2.32. The van der Waals surface area contributed by atoms with E-state index < -0.39 is 5.97 Å². The molecule has 3 rings (SSSR count). The van der Waals surface area contributed by atoms with Gasteiger partial charge in [-0.15, -0.1) is 0 Å². The van der Waals surface area contributed by atoms with Gasteiger partial charge >= 0.3 is 5.97 Å². The number of carbonyl (C=O) groups is 2. The van der Waals surface area contributed by atoms with E-state index in [-0.39, 0.29) is 17.4 Å². The lowest BCUT2D eigenvalue weighted by Gasteiger charge is -2.22. The van der Waals surface area contributed by atoms with E-state index in [0.29, 0.717) is 12.2 Å². The Kier molecular flexibility index (Phi) is 4.25. The van der Waals surface area contributed by atoms with Crippen molar-refractivity contribution in [3.8, 4) is 5.75 Å². The molecule has 2 aromatic carbocycles. The van der Waals surface area contributed by atoms with E-state index in [1.165, 1.54) is 0 Å². The van der Waals surface area contributed by atoms with Crippen molar-refractivity contribution in [2.24, 2.45) is 0 Å². The van der Waals surface area contributed by atoms with E-state index in [1.807, 2.05) is 31.2 Å². The molecular weight excluding hydrogens is 306 g/mol. The van der Waals surface area contributed by atoms with Crippen LogP contribution in [0.15, 0.2) is 42.5 Å². The number of benzene rings is 2. The molecule has 0 saturated carbocycles. The molecule has 124 valence electrons. The average molecular weight is 325 g/mol. The van der Waals surface area contributed by atoms with Gasteiger partial charge in [0.25, 0.3) is 0 Å². The first kappa shape index (κ1) is 16.1. The van der Waals surface area contributed by atoms with E-state index in [1.54, 1.807) is 30.2 Å². The van der Waals surface area contributed by atoms with Crippen LogP contribution in [-0.4, -0.2) is 30.6 Å². The molecule has 1 unspecified atom stereocenters. The van der Waals surface area contributed by atoms with Crippen LogP contribution in [0.3, 0.4) is 0 Å². The van der Waals surface area contributed by atoms with Crippen molar-refractivity contribution in [1.29, 1.82) is 0 Å². The molecule has 0 spiro atoms. The van der Waals surface area contributed by atoms with Crippen molar-refractivity contribution in [3.63, 3.8) is 0 Å². The van der Waals surface area contributed by atoms with Crippen LogP contribution in [0.5, 0.6) is 5.75 Å². The van der Waals surface area contributed by atoms with E-state index in [9.17, 15) is 9.59 Å². The molecule has 1 amide bonds. The quantitative estimate of drug-likeness (QED) is 0.938. The number of carbonyl (C=O) groups excluding carboxylic acids is 1. The first-order chi connectivity index (χ1) is 11.5. The molecule has 0 radical (unpaired) electrons. The largest absolute Gasteiger partial charge is 0.497 e. The van der Waals surface area contributed by atoms with Crippen LogP contribution >= 0.6 is 0 Å². The topological polar surface area (TPSA) is 66.8 Å². The molecule has 1 aliphatic rings. The monoisotopic (exact) mass is 325 g/mol. The predicted octanol–water partition coefficient (Wildman–Crippen LogP) is 3.09. The fourth-order valence-electron chi connectivity index (χ4n) is 3.01. The number of anilines is 1. The number of nitrogens with zero attached hydrogens (tertiary/aromatic N) is 1. The maximum absolute atomic E-state index is 12.9. The van der Waals surface area contributed by atoms with Crippen molar-refractivity contribution in [2.45, 2.75) is 19.3 Å². The summed E-state index contributed by atoms with van der Waals surface area (Å²) < 4.78 is 5.14. The molecule has 1 N–H and O–H groups in total. The van der Waals surface area contributed by atoms with Crippen LogP contribution in [0.2, 0.25) is 0 Å². The van der Waals surface area contributed by atoms with Crippen molar-refractivity contribution in [2.75, 3.05) is 18.6 Å². The Morgan fingerprint density at radius 1 is 1.17 bits per heavy atom. The van der Waals surface area contributed by atoms with E-state index in [4.69, 9.17) is 9.84 Å². The first-order valence-corrected chi connectivity index (χ1v) is 7.83. The van der Waals surface area contributed by atoms with Crippen molar-refractivity contribution < 1.29 is 19.4 Å². The lowest BCUT2D eigenvalue weighted by molar-refractivity contribution is -0.119. The number of amides is 1. The summed E-state index contributed by atoms with van der Waals surface area (Å²) in [6, 6.07) is 12.4. The fourth-order valence-corrected chi connectivity index (χ4v) is 3.01. The van der Waals surface area contributed by atoms with Gasteiger partial charge < -0.3 is 14.7 Å². The number of hydrogen-bond acceptors (Lipinski definition) is 3.